The molecule has 2 amide bonds. The summed E-state index contributed by atoms with van der Waals surface area (Å²) in [7, 11) is 1.59. The maximum Gasteiger partial charge on any atom is 0.322 e. The Morgan fingerprint density at radius 1 is 1.29 bits per heavy atom. The quantitative estimate of drug-likeness (QED) is 0.837. The van der Waals surface area contributed by atoms with E-state index < -0.39 is 0 Å². The average Bonchev–Trinajstić information content (AvgIpc) is 2.58. The summed E-state index contributed by atoms with van der Waals surface area (Å²) in [6.45, 7) is 2.31. The molecule has 0 aliphatic carbocycles. The number of aliphatic hydroxyl groups is 1. The van der Waals surface area contributed by atoms with Crippen LogP contribution >= 0.6 is 11.6 Å². The van der Waals surface area contributed by atoms with Crippen LogP contribution in [-0.4, -0.2) is 36.3 Å². The van der Waals surface area contributed by atoms with Gasteiger partial charge in [-0.15, -0.1) is 0 Å². The van der Waals surface area contributed by atoms with E-state index in [0.717, 1.165) is 11.1 Å². The van der Waals surface area contributed by atoms with Crippen molar-refractivity contribution in [3.8, 4) is 5.75 Å². The number of benzene rings is 2. The van der Waals surface area contributed by atoms with Crippen LogP contribution in [0.2, 0.25) is 5.02 Å². The minimum absolute atomic E-state index is 0.128. The molecule has 2 aromatic rings. The molecule has 0 unspecified atom stereocenters. The first-order valence-corrected chi connectivity index (χ1v) is 7.97. The van der Waals surface area contributed by atoms with Crippen molar-refractivity contribution in [1.82, 2.24) is 4.90 Å². The Morgan fingerprint density at radius 3 is 2.71 bits per heavy atom. The lowest BCUT2D eigenvalue weighted by molar-refractivity contribution is 0.184. The number of anilines is 1. The molecule has 0 atom stereocenters. The Hall–Kier alpha value is -2.24. The van der Waals surface area contributed by atoms with E-state index in [0.29, 0.717) is 23.0 Å². The highest BCUT2D eigenvalue weighted by Gasteiger charge is 2.16. The monoisotopic (exact) mass is 348 g/mol. The predicted molar refractivity (Wildman–Crippen MR) is 95.7 cm³/mol. The van der Waals surface area contributed by atoms with E-state index in [1.54, 1.807) is 19.2 Å². The van der Waals surface area contributed by atoms with Crippen molar-refractivity contribution in [2.24, 2.45) is 0 Å². The van der Waals surface area contributed by atoms with Crippen molar-refractivity contribution in [2.75, 3.05) is 25.6 Å². The number of rotatable bonds is 6. The highest BCUT2D eigenvalue weighted by atomic mass is 35.5. The lowest BCUT2D eigenvalue weighted by Gasteiger charge is -2.23. The largest absolute Gasteiger partial charge is 0.496 e. The number of aliphatic hydroxyl groups excluding tert-OH is 1. The molecule has 0 aliphatic heterocycles. The lowest BCUT2D eigenvalue weighted by Crippen LogP contribution is -2.36. The SMILES string of the molecule is COc1ccccc1CN(CCO)C(=O)Nc1ccc(C)c(Cl)c1. The van der Waals surface area contributed by atoms with Gasteiger partial charge in [-0.3, -0.25) is 0 Å². The summed E-state index contributed by atoms with van der Waals surface area (Å²) in [5.74, 6) is 0.701. The van der Waals surface area contributed by atoms with Crippen LogP contribution in [0.1, 0.15) is 11.1 Å². The second-order valence-corrected chi connectivity index (χ2v) is 5.76. The predicted octanol–water partition coefficient (Wildman–Crippen LogP) is 3.68. The highest BCUT2D eigenvalue weighted by molar-refractivity contribution is 6.31. The first-order valence-electron chi connectivity index (χ1n) is 7.60. The molecule has 0 aromatic heterocycles. The first kappa shape index (κ1) is 18.1. The Labute approximate surface area is 146 Å². The zero-order valence-electron chi connectivity index (χ0n) is 13.8. The Bertz CT molecular complexity index is 706. The van der Waals surface area contributed by atoms with Gasteiger partial charge in [0.1, 0.15) is 5.75 Å². The number of amides is 2. The van der Waals surface area contributed by atoms with Crippen LogP contribution in [0.3, 0.4) is 0 Å². The maximum atomic E-state index is 12.5. The van der Waals surface area contributed by atoms with E-state index in [9.17, 15) is 9.90 Å². The third-order valence-electron chi connectivity index (χ3n) is 3.63. The molecular formula is C18H21ClN2O3. The number of hydrogen-bond acceptors (Lipinski definition) is 3. The van der Waals surface area contributed by atoms with Crippen molar-refractivity contribution < 1.29 is 14.6 Å². The molecule has 0 saturated heterocycles. The summed E-state index contributed by atoms with van der Waals surface area (Å²) < 4.78 is 5.31. The molecule has 0 spiro atoms. The van der Waals surface area contributed by atoms with Crippen LogP contribution in [0.5, 0.6) is 5.75 Å². The first-order chi connectivity index (χ1) is 11.5. The van der Waals surface area contributed by atoms with Gasteiger partial charge in [0.25, 0.3) is 0 Å². The molecule has 5 nitrogen and oxygen atoms in total. The third-order valence-corrected chi connectivity index (χ3v) is 4.04. The van der Waals surface area contributed by atoms with Crippen LogP contribution in [0, 0.1) is 6.92 Å². The fourth-order valence-electron chi connectivity index (χ4n) is 2.29. The third kappa shape index (κ3) is 4.63. The molecule has 128 valence electrons. The summed E-state index contributed by atoms with van der Waals surface area (Å²) in [6, 6.07) is 12.5. The molecule has 0 saturated carbocycles. The lowest BCUT2D eigenvalue weighted by atomic mass is 10.2. The summed E-state index contributed by atoms with van der Waals surface area (Å²) in [5, 5.41) is 12.7. The molecule has 6 heteroatoms. The van der Waals surface area contributed by atoms with E-state index >= 15 is 0 Å². The number of nitrogens with one attached hydrogen (secondary N) is 1. The van der Waals surface area contributed by atoms with Crippen molar-refractivity contribution in [3.63, 3.8) is 0 Å². The highest BCUT2D eigenvalue weighted by Crippen LogP contribution is 2.22. The molecule has 2 N–H and O–H groups in total. The Kier molecular flexibility index (Phi) is 6.46. The second kappa shape index (κ2) is 8.57. The maximum absolute atomic E-state index is 12.5. The Balaban J connectivity index is 2.13. The standard InChI is InChI=1S/C18H21ClN2O3/c1-13-7-8-15(11-16(13)19)20-18(23)21(9-10-22)12-14-5-3-4-6-17(14)24-2/h3-8,11,22H,9-10,12H2,1-2H3,(H,20,23). The molecular weight excluding hydrogens is 328 g/mol. The van der Waals surface area contributed by atoms with Crippen LogP contribution < -0.4 is 10.1 Å². The van der Waals surface area contributed by atoms with Crippen LogP contribution in [-0.2, 0) is 6.54 Å². The van der Waals surface area contributed by atoms with Gasteiger partial charge >= 0.3 is 6.03 Å². The molecule has 0 fully saturated rings. The summed E-state index contributed by atoms with van der Waals surface area (Å²) in [4.78, 5) is 14.0. The summed E-state index contributed by atoms with van der Waals surface area (Å²) >= 11 is 6.09. The minimum atomic E-state index is -0.310. The molecule has 24 heavy (non-hydrogen) atoms. The normalized spacial score (nSPS) is 10.3. The van der Waals surface area contributed by atoms with Gasteiger partial charge in [0, 0.05) is 22.8 Å². The van der Waals surface area contributed by atoms with Crippen molar-refractivity contribution in [3.05, 3.63) is 58.6 Å². The van der Waals surface area contributed by atoms with Gasteiger partial charge in [-0.1, -0.05) is 35.9 Å². The molecule has 0 aliphatic rings. The molecule has 0 radical (unpaired) electrons. The number of nitrogens with zero attached hydrogens (tertiary/aromatic N) is 1. The smallest absolute Gasteiger partial charge is 0.322 e. The zero-order valence-corrected chi connectivity index (χ0v) is 14.5. The van der Waals surface area contributed by atoms with Gasteiger partial charge < -0.3 is 20.1 Å². The van der Waals surface area contributed by atoms with Crippen LogP contribution in [0.25, 0.3) is 0 Å². The van der Waals surface area contributed by atoms with Gasteiger partial charge in [-0.05, 0) is 30.7 Å². The molecule has 0 bridgehead atoms. The number of halogens is 1. The number of urea groups is 1. The summed E-state index contributed by atoms with van der Waals surface area (Å²) in [5.41, 5.74) is 2.42. The van der Waals surface area contributed by atoms with Crippen molar-refractivity contribution in [2.45, 2.75) is 13.5 Å². The number of carbonyl (C=O) groups is 1. The topological polar surface area (TPSA) is 61.8 Å². The van der Waals surface area contributed by atoms with Crippen molar-refractivity contribution >= 4 is 23.3 Å². The fraction of sp³-hybridized carbons (Fsp3) is 0.278. The van der Waals surface area contributed by atoms with Gasteiger partial charge in [-0.25, -0.2) is 4.79 Å². The zero-order chi connectivity index (χ0) is 17.5. The number of para-hydroxylation sites is 1. The second-order valence-electron chi connectivity index (χ2n) is 5.35. The van der Waals surface area contributed by atoms with E-state index in [1.807, 2.05) is 37.3 Å². The van der Waals surface area contributed by atoms with Gasteiger partial charge in [-0.2, -0.15) is 0 Å². The molecule has 0 heterocycles. The van der Waals surface area contributed by atoms with Gasteiger partial charge in [0.05, 0.1) is 20.3 Å². The van der Waals surface area contributed by atoms with E-state index in [1.165, 1.54) is 4.90 Å². The van der Waals surface area contributed by atoms with E-state index in [2.05, 4.69) is 5.32 Å². The number of carbonyl (C=O) groups excluding carboxylic acids is 1. The number of hydrogen-bond donors (Lipinski definition) is 2. The fourth-order valence-corrected chi connectivity index (χ4v) is 2.47. The van der Waals surface area contributed by atoms with Crippen LogP contribution in [0.4, 0.5) is 10.5 Å². The van der Waals surface area contributed by atoms with Gasteiger partial charge in [0.2, 0.25) is 0 Å². The minimum Gasteiger partial charge on any atom is -0.496 e. The Morgan fingerprint density at radius 2 is 2.04 bits per heavy atom. The van der Waals surface area contributed by atoms with Crippen molar-refractivity contribution in [1.29, 1.82) is 0 Å². The van der Waals surface area contributed by atoms with Gasteiger partial charge in [0.15, 0.2) is 0 Å². The number of aryl methyl sites for hydroxylation is 1. The number of ether oxygens (including phenoxy) is 1. The van der Waals surface area contributed by atoms with E-state index in [-0.39, 0.29) is 19.2 Å². The number of methoxy groups -OCH3 is 1. The average molecular weight is 349 g/mol. The molecule has 2 rings (SSSR count). The van der Waals surface area contributed by atoms with E-state index in [4.69, 9.17) is 16.3 Å². The van der Waals surface area contributed by atoms with Crippen LogP contribution in [0.15, 0.2) is 42.5 Å². The summed E-state index contributed by atoms with van der Waals surface area (Å²) in [6.07, 6.45) is 0. The molecule has 2 aromatic carbocycles.